The lowest BCUT2D eigenvalue weighted by atomic mass is 9.94. The third-order valence-electron chi connectivity index (χ3n) is 10.6. The second-order valence-corrected chi connectivity index (χ2v) is 21.1. The molecule has 0 bridgehead atoms. The van der Waals surface area contributed by atoms with Gasteiger partial charge < -0.3 is 14.4 Å². The fourth-order valence-corrected chi connectivity index (χ4v) is 13.3. The number of hydrogen-bond acceptors (Lipinski definition) is 7. The van der Waals surface area contributed by atoms with Gasteiger partial charge in [0.1, 0.15) is 0 Å². The molecular weight excluding hydrogens is 691 g/mol. The van der Waals surface area contributed by atoms with E-state index in [4.69, 9.17) is 9.47 Å². The zero-order valence-corrected chi connectivity index (χ0v) is 37.7. The summed E-state index contributed by atoms with van der Waals surface area (Å²) in [6.07, 6.45) is 36.0. The van der Waals surface area contributed by atoms with E-state index in [9.17, 15) is 0 Å². The largest absolute Gasteiger partial charge is 0.352 e. The summed E-state index contributed by atoms with van der Waals surface area (Å²) in [5, 5.41) is 0. The molecule has 7 heteroatoms. The molecule has 1 aliphatic rings. The molecule has 0 amide bonds. The van der Waals surface area contributed by atoms with Gasteiger partial charge in [-0.15, -0.1) is 0 Å². The highest BCUT2D eigenvalue weighted by atomic mass is 33.1. The molecule has 1 rings (SSSR count). The maximum absolute atomic E-state index is 6.49. The minimum Gasteiger partial charge on any atom is -0.352 e. The number of hydrogen-bond donors (Lipinski definition) is 0. The normalized spacial score (nSPS) is 19.4. The van der Waals surface area contributed by atoms with Crippen molar-refractivity contribution in [3.8, 4) is 0 Å². The topological polar surface area (TPSA) is 21.7 Å². The van der Waals surface area contributed by atoms with Crippen LogP contribution in [0.4, 0.5) is 0 Å². The van der Waals surface area contributed by atoms with Crippen LogP contribution in [0.2, 0.25) is 0 Å². The van der Waals surface area contributed by atoms with Gasteiger partial charge in [0.2, 0.25) is 0 Å². The molecule has 1 fully saturated rings. The van der Waals surface area contributed by atoms with Gasteiger partial charge in [-0.1, -0.05) is 199 Å². The fourth-order valence-electron chi connectivity index (χ4n) is 6.97. The Bertz CT molecular complexity index is 650. The van der Waals surface area contributed by atoms with Crippen LogP contribution in [0.15, 0.2) is 0 Å². The Kier molecular flexibility index (Phi) is 35.4. The molecule has 0 saturated carbocycles. The first-order valence-electron chi connectivity index (χ1n) is 21.8. The summed E-state index contributed by atoms with van der Waals surface area (Å²) >= 11 is 0. The van der Waals surface area contributed by atoms with Crippen LogP contribution in [0.5, 0.6) is 0 Å². The van der Waals surface area contributed by atoms with E-state index < -0.39 is 0 Å². The van der Waals surface area contributed by atoms with Crippen LogP contribution < -0.4 is 0 Å². The minimum absolute atomic E-state index is 0.0203. The SMILES string of the molecule is CCCCCCCCC(CCCCCC)CSSCC1(CSSCC(CCCCCC)CCCCCCCC)COC(CCCN(C)C)OC1. The van der Waals surface area contributed by atoms with Crippen molar-refractivity contribution < 1.29 is 9.47 Å². The van der Waals surface area contributed by atoms with E-state index in [0.717, 1.165) is 55.9 Å². The van der Waals surface area contributed by atoms with Crippen molar-refractivity contribution in [2.45, 2.75) is 201 Å². The van der Waals surface area contributed by atoms with Crippen LogP contribution in [-0.4, -0.2) is 68.1 Å². The number of rotatable bonds is 38. The fraction of sp³-hybridized carbons (Fsp3) is 1.00. The molecule has 1 aliphatic heterocycles. The van der Waals surface area contributed by atoms with Gasteiger partial charge in [-0.25, -0.2) is 0 Å². The van der Waals surface area contributed by atoms with Crippen molar-refractivity contribution >= 4 is 43.2 Å². The monoisotopic (exact) mass is 778 g/mol. The molecule has 50 heavy (non-hydrogen) atoms. The van der Waals surface area contributed by atoms with Crippen molar-refractivity contribution in [1.82, 2.24) is 4.90 Å². The Balaban J connectivity index is 2.66. The molecule has 0 radical (unpaired) electrons. The Labute approximate surface area is 330 Å². The number of ether oxygens (including phenoxy) is 2. The van der Waals surface area contributed by atoms with Crippen molar-refractivity contribution in [2.24, 2.45) is 17.3 Å². The highest BCUT2D eigenvalue weighted by molar-refractivity contribution is 8.77. The standard InChI is InChI=1S/C43H87NO2S4/c1-7-11-15-19-21-25-30-40(28-23-17-13-9-3)34-47-49-38-43(36-45-42(46-37-43)32-27-33-44(5)6)39-50-48-35-41(29-24-18-14-10-4)31-26-22-20-16-12-8-2/h40-42H,7-39H2,1-6H3. The summed E-state index contributed by atoms with van der Waals surface area (Å²) in [5.41, 5.74) is 0.124. The van der Waals surface area contributed by atoms with E-state index in [1.54, 1.807) is 0 Å². The van der Waals surface area contributed by atoms with Crippen LogP contribution in [-0.2, 0) is 9.47 Å². The van der Waals surface area contributed by atoms with Gasteiger partial charge in [-0.05, 0) is 71.0 Å². The third kappa shape index (κ3) is 28.7. The molecule has 0 N–H and O–H groups in total. The summed E-state index contributed by atoms with van der Waals surface area (Å²) in [4.78, 5) is 2.27. The van der Waals surface area contributed by atoms with E-state index in [2.05, 4.69) is 89.9 Å². The zero-order valence-electron chi connectivity index (χ0n) is 34.5. The maximum Gasteiger partial charge on any atom is 0.157 e. The van der Waals surface area contributed by atoms with Gasteiger partial charge in [0.15, 0.2) is 6.29 Å². The molecule has 300 valence electrons. The van der Waals surface area contributed by atoms with Gasteiger partial charge >= 0.3 is 0 Å². The molecule has 0 aliphatic carbocycles. The molecule has 1 heterocycles. The van der Waals surface area contributed by atoms with Crippen molar-refractivity contribution in [2.75, 3.05) is 56.9 Å². The van der Waals surface area contributed by atoms with E-state index >= 15 is 0 Å². The summed E-state index contributed by atoms with van der Waals surface area (Å²) in [6.45, 7) is 12.1. The van der Waals surface area contributed by atoms with Crippen molar-refractivity contribution in [3.63, 3.8) is 0 Å². The van der Waals surface area contributed by atoms with Crippen LogP contribution in [0.25, 0.3) is 0 Å². The maximum atomic E-state index is 6.49. The number of nitrogens with zero attached hydrogens (tertiary/aromatic N) is 1. The highest BCUT2D eigenvalue weighted by Crippen LogP contribution is 2.41. The van der Waals surface area contributed by atoms with Crippen molar-refractivity contribution in [3.05, 3.63) is 0 Å². The smallest absolute Gasteiger partial charge is 0.157 e. The highest BCUT2D eigenvalue weighted by Gasteiger charge is 2.37. The Morgan fingerprint density at radius 2 is 0.860 bits per heavy atom. The Morgan fingerprint density at radius 3 is 1.24 bits per heavy atom. The minimum atomic E-state index is -0.0203. The van der Waals surface area contributed by atoms with E-state index in [-0.39, 0.29) is 11.7 Å². The Morgan fingerprint density at radius 1 is 0.500 bits per heavy atom. The summed E-state index contributed by atoms with van der Waals surface area (Å²) in [5.74, 6) is 6.70. The lowest BCUT2D eigenvalue weighted by molar-refractivity contribution is -0.221. The lowest BCUT2D eigenvalue weighted by Gasteiger charge is -2.39. The van der Waals surface area contributed by atoms with E-state index in [1.807, 2.05) is 0 Å². The predicted molar refractivity (Wildman–Crippen MR) is 236 cm³/mol. The first kappa shape index (κ1) is 49.3. The van der Waals surface area contributed by atoms with Crippen LogP contribution >= 0.6 is 43.2 Å². The molecule has 0 spiro atoms. The van der Waals surface area contributed by atoms with Crippen LogP contribution in [0, 0.1) is 17.3 Å². The van der Waals surface area contributed by atoms with Gasteiger partial charge in [0.25, 0.3) is 0 Å². The molecule has 1 saturated heterocycles. The second kappa shape index (κ2) is 35.9. The molecule has 2 atom stereocenters. The summed E-state index contributed by atoms with van der Waals surface area (Å²) < 4.78 is 13.0. The first-order valence-corrected chi connectivity index (χ1v) is 26.8. The lowest BCUT2D eigenvalue weighted by Crippen LogP contribution is -2.45. The molecule has 0 aromatic heterocycles. The van der Waals surface area contributed by atoms with Gasteiger partial charge in [0.05, 0.1) is 13.2 Å². The molecule has 2 unspecified atom stereocenters. The predicted octanol–water partition coefficient (Wildman–Crippen LogP) is 15.1. The zero-order chi connectivity index (χ0) is 36.4. The molecule has 0 aromatic carbocycles. The van der Waals surface area contributed by atoms with E-state index in [1.165, 1.54) is 166 Å². The summed E-state index contributed by atoms with van der Waals surface area (Å²) in [7, 11) is 12.9. The Hall–Kier alpha value is 1.28. The first-order chi connectivity index (χ1) is 24.5. The average Bonchev–Trinajstić information content (AvgIpc) is 3.11. The van der Waals surface area contributed by atoms with Crippen LogP contribution in [0.3, 0.4) is 0 Å². The number of unbranched alkanes of at least 4 members (excludes halogenated alkanes) is 16. The van der Waals surface area contributed by atoms with E-state index in [0.29, 0.717) is 0 Å². The van der Waals surface area contributed by atoms with Gasteiger partial charge in [-0.2, -0.15) is 0 Å². The van der Waals surface area contributed by atoms with Crippen molar-refractivity contribution in [1.29, 1.82) is 0 Å². The third-order valence-corrected chi connectivity index (χ3v) is 16.1. The quantitative estimate of drug-likeness (QED) is 0.0454. The van der Waals surface area contributed by atoms with Gasteiger partial charge in [-0.3, -0.25) is 0 Å². The van der Waals surface area contributed by atoms with Crippen LogP contribution in [0.1, 0.15) is 195 Å². The molecule has 0 aromatic rings. The molecule has 3 nitrogen and oxygen atoms in total. The molecular formula is C43H87NO2S4. The average molecular weight is 778 g/mol. The van der Waals surface area contributed by atoms with Gasteiger partial charge in [0, 0.05) is 28.4 Å². The second-order valence-electron chi connectivity index (χ2n) is 16.1. The summed E-state index contributed by atoms with van der Waals surface area (Å²) in [6, 6.07) is 0.